The zero-order valence-electron chi connectivity index (χ0n) is 13.9. The smallest absolute Gasteiger partial charge is 0.270 e. The van der Waals surface area contributed by atoms with Crippen molar-refractivity contribution in [2.45, 2.75) is 19.8 Å². The van der Waals surface area contributed by atoms with Gasteiger partial charge in [-0.05, 0) is 63.0 Å². The molecule has 0 radical (unpaired) electrons. The van der Waals surface area contributed by atoms with E-state index in [1.807, 2.05) is 36.1 Å². The van der Waals surface area contributed by atoms with Crippen molar-refractivity contribution in [3.63, 3.8) is 0 Å². The summed E-state index contributed by atoms with van der Waals surface area (Å²) in [5.74, 6) is 1.49. The van der Waals surface area contributed by atoms with Crippen LogP contribution in [0.5, 0.6) is 5.75 Å². The zero-order valence-corrected chi connectivity index (χ0v) is 13.9. The monoisotopic (exact) mass is 315 g/mol. The average Bonchev–Trinajstić information content (AvgIpc) is 3.03. The second-order valence-electron chi connectivity index (χ2n) is 6.17. The van der Waals surface area contributed by atoms with E-state index < -0.39 is 0 Å². The van der Waals surface area contributed by atoms with E-state index in [2.05, 4.69) is 10.3 Å². The number of nitrogens with zero attached hydrogens (tertiary/aromatic N) is 1. The van der Waals surface area contributed by atoms with Gasteiger partial charge in [0.25, 0.3) is 5.91 Å². The van der Waals surface area contributed by atoms with Crippen molar-refractivity contribution < 1.29 is 9.53 Å². The Hall–Kier alpha value is -2.01. The van der Waals surface area contributed by atoms with Crippen LogP contribution in [0.25, 0.3) is 10.9 Å². The third kappa shape index (κ3) is 3.50. The summed E-state index contributed by atoms with van der Waals surface area (Å²) in [5, 5.41) is 4.38. The summed E-state index contributed by atoms with van der Waals surface area (Å²) in [6.07, 6.45) is 2.29. The van der Waals surface area contributed by atoms with Crippen molar-refractivity contribution >= 4 is 16.8 Å². The number of ether oxygens (including phenoxy) is 1. The largest absolute Gasteiger partial charge is 0.497 e. The summed E-state index contributed by atoms with van der Waals surface area (Å²) in [5.41, 5.74) is 1.62. The molecule has 0 spiro atoms. The molecule has 23 heavy (non-hydrogen) atoms. The molecule has 0 aliphatic carbocycles. The molecule has 1 fully saturated rings. The predicted octanol–water partition coefficient (Wildman–Crippen LogP) is 2.64. The highest BCUT2D eigenvalue weighted by atomic mass is 16.5. The number of benzene rings is 1. The van der Waals surface area contributed by atoms with Crippen LogP contribution in [0, 0.1) is 5.92 Å². The molecular formula is C18H25N3O2. The fourth-order valence-electron chi connectivity index (χ4n) is 3.25. The Morgan fingerprint density at radius 2 is 2.09 bits per heavy atom. The highest BCUT2D eigenvalue weighted by Gasteiger charge is 2.21. The predicted molar refractivity (Wildman–Crippen MR) is 92.0 cm³/mol. The van der Waals surface area contributed by atoms with Crippen LogP contribution in [0.1, 0.15) is 30.3 Å². The van der Waals surface area contributed by atoms with Gasteiger partial charge in [-0.2, -0.15) is 0 Å². The summed E-state index contributed by atoms with van der Waals surface area (Å²) in [6, 6.07) is 7.73. The maximum absolute atomic E-state index is 12.8. The molecule has 0 saturated carbocycles. The third-order valence-electron chi connectivity index (χ3n) is 4.66. The van der Waals surface area contributed by atoms with Crippen molar-refractivity contribution in [3.05, 3.63) is 30.0 Å². The Balaban J connectivity index is 1.76. The number of nitrogens with one attached hydrogen (secondary N) is 2. The number of rotatable bonds is 5. The summed E-state index contributed by atoms with van der Waals surface area (Å²) in [7, 11) is 1.65. The van der Waals surface area contributed by atoms with Crippen molar-refractivity contribution in [1.82, 2.24) is 15.2 Å². The molecule has 1 aliphatic heterocycles. The minimum absolute atomic E-state index is 0.0844. The lowest BCUT2D eigenvalue weighted by Crippen LogP contribution is -2.39. The van der Waals surface area contributed by atoms with Crippen molar-refractivity contribution in [2.75, 3.05) is 33.3 Å². The van der Waals surface area contributed by atoms with Crippen LogP contribution >= 0.6 is 0 Å². The van der Waals surface area contributed by atoms with Crippen LogP contribution in [0.3, 0.4) is 0 Å². The topological polar surface area (TPSA) is 57.4 Å². The molecule has 2 heterocycles. The lowest BCUT2D eigenvalue weighted by atomic mass is 9.97. The third-order valence-corrected chi connectivity index (χ3v) is 4.66. The molecular weight excluding hydrogens is 290 g/mol. The van der Waals surface area contributed by atoms with Gasteiger partial charge in [0.15, 0.2) is 0 Å². The first-order chi connectivity index (χ1) is 11.2. The molecule has 1 saturated heterocycles. The first-order valence-electron chi connectivity index (χ1n) is 8.38. The molecule has 0 unspecified atom stereocenters. The van der Waals surface area contributed by atoms with Gasteiger partial charge in [0.2, 0.25) is 0 Å². The summed E-state index contributed by atoms with van der Waals surface area (Å²) in [4.78, 5) is 18.0. The molecule has 2 N–H and O–H groups in total. The lowest BCUT2D eigenvalue weighted by Gasteiger charge is -2.29. The van der Waals surface area contributed by atoms with E-state index in [1.165, 1.54) is 0 Å². The molecule has 0 atom stereocenters. The molecule has 1 aliphatic rings. The summed E-state index contributed by atoms with van der Waals surface area (Å²) < 4.78 is 5.25. The minimum Gasteiger partial charge on any atom is -0.497 e. The first-order valence-corrected chi connectivity index (χ1v) is 8.38. The molecule has 2 aromatic rings. The van der Waals surface area contributed by atoms with Gasteiger partial charge in [-0.1, -0.05) is 0 Å². The van der Waals surface area contributed by atoms with Crippen LogP contribution in [0.15, 0.2) is 24.3 Å². The number of carbonyl (C=O) groups excluding carboxylic acids is 1. The van der Waals surface area contributed by atoms with Crippen LogP contribution < -0.4 is 10.1 Å². The van der Waals surface area contributed by atoms with Crippen molar-refractivity contribution in [2.24, 2.45) is 5.92 Å². The van der Waals surface area contributed by atoms with Crippen LogP contribution in [0.2, 0.25) is 0 Å². The molecule has 124 valence electrons. The Kier molecular flexibility index (Phi) is 4.86. The van der Waals surface area contributed by atoms with Crippen LogP contribution in [-0.4, -0.2) is 49.1 Å². The molecule has 1 aromatic carbocycles. The van der Waals surface area contributed by atoms with Gasteiger partial charge in [-0.15, -0.1) is 0 Å². The van der Waals surface area contributed by atoms with E-state index in [9.17, 15) is 4.79 Å². The van der Waals surface area contributed by atoms with Gasteiger partial charge in [-0.25, -0.2) is 0 Å². The lowest BCUT2D eigenvalue weighted by molar-refractivity contribution is 0.0722. The van der Waals surface area contributed by atoms with Gasteiger partial charge in [0, 0.05) is 24.0 Å². The summed E-state index contributed by atoms with van der Waals surface area (Å²) >= 11 is 0. The van der Waals surface area contributed by atoms with Crippen LogP contribution in [0.4, 0.5) is 0 Å². The number of aromatic nitrogens is 1. The Bertz CT molecular complexity index is 674. The van der Waals surface area contributed by atoms with E-state index in [1.54, 1.807) is 7.11 Å². The van der Waals surface area contributed by atoms with E-state index in [-0.39, 0.29) is 5.91 Å². The number of H-pyrrole nitrogens is 1. The number of fused-ring (bicyclic) bond motifs is 1. The molecule has 1 aromatic heterocycles. The highest BCUT2D eigenvalue weighted by Crippen LogP contribution is 2.22. The van der Waals surface area contributed by atoms with E-state index in [0.29, 0.717) is 11.6 Å². The SMILES string of the molecule is CCN(CC1CCNCC1)C(=O)c1cc2cc(OC)ccc2[nH]1. The number of hydrogen-bond acceptors (Lipinski definition) is 3. The second-order valence-corrected chi connectivity index (χ2v) is 6.17. The summed E-state index contributed by atoms with van der Waals surface area (Å²) in [6.45, 7) is 5.74. The number of carbonyl (C=O) groups is 1. The average molecular weight is 315 g/mol. The van der Waals surface area contributed by atoms with Crippen molar-refractivity contribution in [3.8, 4) is 5.75 Å². The Morgan fingerprint density at radius 3 is 2.78 bits per heavy atom. The number of methoxy groups -OCH3 is 1. The van der Waals surface area contributed by atoms with Crippen LogP contribution in [-0.2, 0) is 0 Å². The molecule has 3 rings (SSSR count). The van der Waals surface area contributed by atoms with Crippen molar-refractivity contribution in [1.29, 1.82) is 0 Å². The number of hydrogen-bond donors (Lipinski definition) is 2. The molecule has 0 bridgehead atoms. The van der Waals surface area contributed by atoms with Gasteiger partial charge in [-0.3, -0.25) is 4.79 Å². The quantitative estimate of drug-likeness (QED) is 0.892. The standard InChI is InChI=1S/C18H25N3O2/c1-3-21(12-13-6-8-19-9-7-13)18(22)17-11-14-10-15(23-2)4-5-16(14)20-17/h4-5,10-11,13,19-20H,3,6-9,12H2,1-2H3. The highest BCUT2D eigenvalue weighted by molar-refractivity contribution is 5.98. The first kappa shape index (κ1) is 15.9. The Labute approximate surface area is 137 Å². The Morgan fingerprint density at radius 1 is 1.30 bits per heavy atom. The van der Waals surface area contributed by atoms with Gasteiger partial charge >= 0.3 is 0 Å². The fourth-order valence-corrected chi connectivity index (χ4v) is 3.25. The normalized spacial score (nSPS) is 15.7. The van der Waals surface area contributed by atoms with Gasteiger partial charge in [0.05, 0.1) is 7.11 Å². The molecule has 5 heteroatoms. The fraction of sp³-hybridized carbons (Fsp3) is 0.500. The van der Waals surface area contributed by atoms with E-state index >= 15 is 0 Å². The number of amides is 1. The van der Waals surface area contributed by atoms with Gasteiger partial charge < -0.3 is 19.9 Å². The van der Waals surface area contributed by atoms with E-state index in [0.717, 1.165) is 55.7 Å². The zero-order chi connectivity index (χ0) is 16.2. The number of piperidine rings is 1. The second kappa shape index (κ2) is 7.04. The maximum Gasteiger partial charge on any atom is 0.270 e. The maximum atomic E-state index is 12.8. The number of aromatic amines is 1. The van der Waals surface area contributed by atoms with Gasteiger partial charge in [0.1, 0.15) is 11.4 Å². The minimum atomic E-state index is 0.0844. The molecule has 1 amide bonds. The molecule has 5 nitrogen and oxygen atoms in total. The van der Waals surface area contributed by atoms with E-state index in [4.69, 9.17) is 4.74 Å².